The van der Waals surface area contributed by atoms with Gasteiger partial charge in [0.1, 0.15) is 0 Å². The molecule has 0 saturated carbocycles. The summed E-state index contributed by atoms with van der Waals surface area (Å²) in [6.45, 7) is 1.99. The maximum absolute atomic E-state index is 11.9. The van der Waals surface area contributed by atoms with Gasteiger partial charge in [0.25, 0.3) is 0 Å². The Morgan fingerprint density at radius 1 is 1.43 bits per heavy atom. The first-order chi connectivity index (χ1) is 10.0. The van der Waals surface area contributed by atoms with E-state index in [2.05, 4.69) is 10.4 Å². The third-order valence-electron chi connectivity index (χ3n) is 3.29. The SMILES string of the molecule is CC(Cc1ccccc1Cl)NC(=O)CCc1cnn(C)c1. The molecule has 1 aromatic heterocycles. The Morgan fingerprint density at radius 2 is 2.19 bits per heavy atom. The maximum atomic E-state index is 11.9. The standard InChI is InChI=1S/C16H20ClN3O/c1-12(9-14-5-3-4-6-15(14)17)19-16(21)8-7-13-10-18-20(2)11-13/h3-6,10-12H,7-9H2,1-2H3,(H,19,21). The first kappa shape index (κ1) is 15.6. The first-order valence-electron chi connectivity index (χ1n) is 7.05. The first-order valence-corrected chi connectivity index (χ1v) is 7.42. The second kappa shape index (κ2) is 7.27. The molecule has 1 amide bonds. The summed E-state index contributed by atoms with van der Waals surface area (Å²) in [5.74, 6) is 0.0541. The van der Waals surface area contributed by atoms with Gasteiger partial charge in [-0.3, -0.25) is 9.48 Å². The lowest BCUT2D eigenvalue weighted by molar-refractivity contribution is -0.121. The summed E-state index contributed by atoms with van der Waals surface area (Å²) in [5.41, 5.74) is 2.13. The fourth-order valence-electron chi connectivity index (χ4n) is 2.25. The fraction of sp³-hybridized carbons (Fsp3) is 0.375. The molecular weight excluding hydrogens is 286 g/mol. The van der Waals surface area contributed by atoms with Crippen LogP contribution in [-0.2, 0) is 24.7 Å². The van der Waals surface area contributed by atoms with Crippen LogP contribution in [0.1, 0.15) is 24.5 Å². The van der Waals surface area contributed by atoms with Crippen molar-refractivity contribution in [3.63, 3.8) is 0 Å². The van der Waals surface area contributed by atoms with Crippen LogP contribution in [0.3, 0.4) is 0 Å². The highest BCUT2D eigenvalue weighted by Crippen LogP contribution is 2.16. The molecule has 1 aromatic carbocycles. The normalized spacial score (nSPS) is 12.1. The Balaban J connectivity index is 1.78. The Bertz CT molecular complexity index is 609. The number of amides is 1. The second-order valence-corrected chi connectivity index (χ2v) is 5.69. The van der Waals surface area contributed by atoms with Crippen molar-refractivity contribution in [3.05, 3.63) is 52.8 Å². The van der Waals surface area contributed by atoms with E-state index in [0.29, 0.717) is 12.8 Å². The summed E-state index contributed by atoms with van der Waals surface area (Å²) in [6, 6.07) is 7.78. The largest absolute Gasteiger partial charge is 0.353 e. The molecule has 112 valence electrons. The molecule has 21 heavy (non-hydrogen) atoms. The van der Waals surface area contributed by atoms with E-state index in [1.165, 1.54) is 0 Å². The summed E-state index contributed by atoms with van der Waals surface area (Å²) in [6.07, 6.45) is 5.64. The highest BCUT2D eigenvalue weighted by Gasteiger charge is 2.10. The van der Waals surface area contributed by atoms with E-state index in [9.17, 15) is 4.79 Å². The lowest BCUT2D eigenvalue weighted by Crippen LogP contribution is -2.34. The second-order valence-electron chi connectivity index (χ2n) is 5.29. The molecule has 0 aliphatic heterocycles. The molecule has 0 bridgehead atoms. The number of aryl methyl sites for hydroxylation is 2. The van der Waals surface area contributed by atoms with Crippen LogP contribution >= 0.6 is 11.6 Å². The van der Waals surface area contributed by atoms with Gasteiger partial charge in [0.2, 0.25) is 5.91 Å². The highest BCUT2D eigenvalue weighted by atomic mass is 35.5. The lowest BCUT2D eigenvalue weighted by atomic mass is 10.1. The number of rotatable bonds is 6. The molecular formula is C16H20ClN3O. The van der Waals surface area contributed by atoms with Gasteiger partial charge in [-0.15, -0.1) is 0 Å². The van der Waals surface area contributed by atoms with Gasteiger partial charge in [0.05, 0.1) is 6.20 Å². The van der Waals surface area contributed by atoms with Gasteiger partial charge < -0.3 is 5.32 Å². The molecule has 0 saturated heterocycles. The lowest BCUT2D eigenvalue weighted by Gasteiger charge is -2.14. The van der Waals surface area contributed by atoms with Crippen LogP contribution in [0.2, 0.25) is 5.02 Å². The molecule has 1 atom stereocenters. The van der Waals surface area contributed by atoms with Crippen molar-refractivity contribution in [2.75, 3.05) is 0 Å². The van der Waals surface area contributed by atoms with Gasteiger partial charge in [0.15, 0.2) is 0 Å². The van der Waals surface area contributed by atoms with Crippen LogP contribution in [-0.4, -0.2) is 21.7 Å². The molecule has 0 aliphatic rings. The minimum Gasteiger partial charge on any atom is -0.353 e. The number of nitrogens with one attached hydrogen (secondary N) is 1. The zero-order valence-corrected chi connectivity index (χ0v) is 13.1. The topological polar surface area (TPSA) is 46.9 Å². The maximum Gasteiger partial charge on any atom is 0.220 e. The van der Waals surface area contributed by atoms with Crippen molar-refractivity contribution in [2.45, 2.75) is 32.2 Å². The van der Waals surface area contributed by atoms with Crippen LogP contribution in [0.5, 0.6) is 0 Å². The molecule has 4 nitrogen and oxygen atoms in total. The van der Waals surface area contributed by atoms with Crippen LogP contribution < -0.4 is 5.32 Å². The molecule has 0 spiro atoms. The number of carbonyl (C=O) groups is 1. The molecule has 0 radical (unpaired) electrons. The molecule has 0 fully saturated rings. The monoisotopic (exact) mass is 305 g/mol. The van der Waals surface area contributed by atoms with Crippen molar-refractivity contribution in [1.29, 1.82) is 0 Å². The predicted molar refractivity (Wildman–Crippen MR) is 84.3 cm³/mol. The average Bonchev–Trinajstić information content (AvgIpc) is 2.85. The van der Waals surface area contributed by atoms with Gasteiger partial charge in [-0.05, 0) is 37.0 Å². The number of halogens is 1. The van der Waals surface area contributed by atoms with E-state index < -0.39 is 0 Å². The molecule has 1 unspecified atom stereocenters. The van der Waals surface area contributed by atoms with E-state index >= 15 is 0 Å². The van der Waals surface area contributed by atoms with E-state index in [4.69, 9.17) is 11.6 Å². The van der Waals surface area contributed by atoms with E-state index in [-0.39, 0.29) is 11.9 Å². The van der Waals surface area contributed by atoms with Crippen molar-refractivity contribution in [3.8, 4) is 0 Å². The van der Waals surface area contributed by atoms with E-state index in [1.54, 1.807) is 10.9 Å². The number of benzene rings is 1. The quantitative estimate of drug-likeness (QED) is 0.892. The summed E-state index contributed by atoms with van der Waals surface area (Å²) < 4.78 is 1.74. The third-order valence-corrected chi connectivity index (χ3v) is 3.66. The third kappa shape index (κ3) is 4.90. The van der Waals surface area contributed by atoms with Crippen molar-refractivity contribution in [2.24, 2.45) is 7.05 Å². The van der Waals surface area contributed by atoms with Crippen LogP contribution in [0.4, 0.5) is 0 Å². The number of aromatic nitrogens is 2. The van der Waals surface area contributed by atoms with E-state index in [0.717, 1.165) is 22.6 Å². The molecule has 2 rings (SSSR count). The predicted octanol–water partition coefficient (Wildman–Crippen LogP) is 2.75. The smallest absolute Gasteiger partial charge is 0.220 e. The highest BCUT2D eigenvalue weighted by molar-refractivity contribution is 6.31. The Hall–Kier alpha value is -1.81. The Labute approximate surface area is 130 Å². The molecule has 1 heterocycles. The minimum absolute atomic E-state index is 0.0541. The summed E-state index contributed by atoms with van der Waals surface area (Å²) in [7, 11) is 1.87. The van der Waals surface area contributed by atoms with Crippen LogP contribution in [0.25, 0.3) is 0 Å². The van der Waals surface area contributed by atoms with Crippen LogP contribution in [0.15, 0.2) is 36.7 Å². The number of hydrogen-bond donors (Lipinski definition) is 1. The van der Waals surface area contributed by atoms with Crippen molar-refractivity contribution < 1.29 is 4.79 Å². The Kier molecular flexibility index (Phi) is 5.39. The zero-order chi connectivity index (χ0) is 15.2. The minimum atomic E-state index is 0.0541. The summed E-state index contributed by atoms with van der Waals surface area (Å²) >= 11 is 6.13. The number of nitrogens with zero attached hydrogens (tertiary/aromatic N) is 2. The van der Waals surface area contributed by atoms with Crippen molar-refractivity contribution in [1.82, 2.24) is 15.1 Å². The van der Waals surface area contributed by atoms with Gasteiger partial charge in [-0.1, -0.05) is 29.8 Å². The fourth-order valence-corrected chi connectivity index (χ4v) is 2.46. The zero-order valence-electron chi connectivity index (χ0n) is 12.3. The van der Waals surface area contributed by atoms with Crippen molar-refractivity contribution >= 4 is 17.5 Å². The molecule has 2 aromatic rings. The molecule has 1 N–H and O–H groups in total. The Morgan fingerprint density at radius 3 is 2.86 bits per heavy atom. The van der Waals surface area contributed by atoms with Gasteiger partial charge >= 0.3 is 0 Å². The molecule has 0 aliphatic carbocycles. The average molecular weight is 306 g/mol. The molecule has 5 heteroatoms. The van der Waals surface area contributed by atoms with Gasteiger partial charge in [-0.2, -0.15) is 5.10 Å². The number of hydrogen-bond acceptors (Lipinski definition) is 2. The van der Waals surface area contributed by atoms with Crippen LogP contribution in [0, 0.1) is 0 Å². The van der Waals surface area contributed by atoms with E-state index in [1.807, 2.05) is 44.4 Å². The van der Waals surface area contributed by atoms with Gasteiger partial charge in [-0.25, -0.2) is 0 Å². The summed E-state index contributed by atoms with van der Waals surface area (Å²) in [4.78, 5) is 11.9. The number of carbonyl (C=O) groups excluding carboxylic acids is 1. The summed E-state index contributed by atoms with van der Waals surface area (Å²) in [5, 5.41) is 7.84. The van der Waals surface area contributed by atoms with Gasteiger partial charge in [0, 0.05) is 30.7 Å².